The highest BCUT2D eigenvalue weighted by atomic mass is 16.6. The second-order valence-electron chi connectivity index (χ2n) is 4.59. The van der Waals surface area contributed by atoms with Gasteiger partial charge in [0.15, 0.2) is 0 Å². The molecule has 0 fully saturated rings. The number of hydrogen-bond donors (Lipinski definition) is 4. The molecule has 0 amide bonds. The molecule has 0 bridgehead atoms. The minimum Gasteiger partial charge on any atom is -0.394 e. The maximum atomic E-state index is 9.16. The van der Waals surface area contributed by atoms with Crippen molar-refractivity contribution in [2.24, 2.45) is 0 Å². The Morgan fingerprint density at radius 2 is 1.35 bits per heavy atom. The molecule has 0 rings (SSSR count). The monoisotopic (exact) mass is 296 g/mol. The average Bonchev–Trinajstić information content (AvgIpc) is 2.46. The number of ether oxygens (including phenoxy) is 3. The van der Waals surface area contributed by atoms with Crippen LogP contribution in [0.1, 0.15) is 19.8 Å². The lowest BCUT2D eigenvalue weighted by Crippen LogP contribution is -2.31. The molecule has 0 heterocycles. The fourth-order valence-corrected chi connectivity index (χ4v) is 1.32. The van der Waals surface area contributed by atoms with Crippen LogP contribution in [0.3, 0.4) is 0 Å². The Balaban J connectivity index is 3.87. The third-order valence-corrected chi connectivity index (χ3v) is 2.50. The Kier molecular flexibility index (Phi) is 13.5. The first kappa shape index (κ1) is 19.7. The molecule has 0 aromatic heterocycles. The van der Waals surface area contributed by atoms with E-state index in [0.717, 1.165) is 12.8 Å². The Morgan fingerprint density at radius 3 is 1.75 bits per heavy atom. The van der Waals surface area contributed by atoms with Gasteiger partial charge >= 0.3 is 0 Å². The molecular weight excluding hydrogens is 268 g/mol. The lowest BCUT2D eigenvalue weighted by atomic mass is 10.3. The van der Waals surface area contributed by atoms with Crippen molar-refractivity contribution < 1.29 is 34.6 Å². The molecule has 2 atom stereocenters. The molecule has 20 heavy (non-hydrogen) atoms. The second kappa shape index (κ2) is 13.7. The lowest BCUT2D eigenvalue weighted by molar-refractivity contribution is -0.0878. The zero-order valence-electron chi connectivity index (χ0n) is 12.1. The number of hydrogen-bond acceptors (Lipinski definition) is 7. The summed E-state index contributed by atoms with van der Waals surface area (Å²) in [5.74, 6) is 0. The largest absolute Gasteiger partial charge is 0.394 e. The quantitative estimate of drug-likeness (QED) is 0.302. The summed E-state index contributed by atoms with van der Waals surface area (Å²) in [6.45, 7) is 2.47. The molecule has 0 aliphatic rings. The van der Waals surface area contributed by atoms with Gasteiger partial charge in [-0.3, -0.25) is 0 Å². The lowest BCUT2D eigenvalue weighted by Gasteiger charge is -2.19. The van der Waals surface area contributed by atoms with Gasteiger partial charge in [0.25, 0.3) is 0 Å². The van der Waals surface area contributed by atoms with Crippen molar-refractivity contribution in [1.82, 2.24) is 0 Å². The molecule has 7 heteroatoms. The van der Waals surface area contributed by atoms with Crippen LogP contribution >= 0.6 is 0 Å². The van der Waals surface area contributed by atoms with E-state index in [-0.39, 0.29) is 45.7 Å². The maximum Gasteiger partial charge on any atom is 0.104 e. The maximum absolute atomic E-state index is 9.16. The van der Waals surface area contributed by atoms with Crippen molar-refractivity contribution in [3.63, 3.8) is 0 Å². The third-order valence-electron chi connectivity index (χ3n) is 2.50. The van der Waals surface area contributed by atoms with Crippen molar-refractivity contribution in [3.8, 4) is 0 Å². The van der Waals surface area contributed by atoms with Crippen LogP contribution in [0.2, 0.25) is 0 Å². The number of rotatable bonds is 14. The standard InChI is InChI=1S/C13H28O7/c1-2-3-4-20-13(9-18-7-11(16)5-14)10-19-8-12(17)6-15/h11-17H,2-10H2,1H3. The Morgan fingerprint density at radius 1 is 0.850 bits per heavy atom. The van der Waals surface area contributed by atoms with Crippen LogP contribution in [0.5, 0.6) is 0 Å². The molecule has 0 saturated heterocycles. The van der Waals surface area contributed by atoms with Crippen LogP contribution in [0.4, 0.5) is 0 Å². The minimum atomic E-state index is -0.900. The van der Waals surface area contributed by atoms with E-state index in [0.29, 0.717) is 6.61 Å². The molecule has 122 valence electrons. The SMILES string of the molecule is CCCCOC(COCC(O)CO)COCC(O)CO. The van der Waals surface area contributed by atoms with E-state index >= 15 is 0 Å². The molecule has 0 aliphatic heterocycles. The summed E-state index contributed by atoms with van der Waals surface area (Å²) >= 11 is 0. The van der Waals surface area contributed by atoms with Gasteiger partial charge in [0.1, 0.15) is 18.3 Å². The van der Waals surface area contributed by atoms with Gasteiger partial charge in [-0.25, -0.2) is 0 Å². The van der Waals surface area contributed by atoms with Crippen LogP contribution in [0.25, 0.3) is 0 Å². The van der Waals surface area contributed by atoms with Gasteiger partial charge < -0.3 is 34.6 Å². The fourth-order valence-electron chi connectivity index (χ4n) is 1.32. The Labute approximate surface area is 120 Å². The molecule has 0 spiro atoms. The summed E-state index contributed by atoms with van der Waals surface area (Å²) < 4.78 is 16.0. The van der Waals surface area contributed by atoms with Crippen molar-refractivity contribution in [1.29, 1.82) is 0 Å². The zero-order valence-corrected chi connectivity index (χ0v) is 12.1. The first-order valence-electron chi connectivity index (χ1n) is 6.98. The molecule has 0 aromatic carbocycles. The third kappa shape index (κ3) is 11.5. The van der Waals surface area contributed by atoms with Crippen LogP contribution in [0, 0.1) is 0 Å². The fraction of sp³-hybridized carbons (Fsp3) is 1.00. The summed E-state index contributed by atoms with van der Waals surface area (Å²) in [6, 6.07) is 0. The van der Waals surface area contributed by atoms with Crippen LogP contribution < -0.4 is 0 Å². The highest BCUT2D eigenvalue weighted by Crippen LogP contribution is 2.00. The van der Waals surface area contributed by atoms with Gasteiger partial charge in [0.2, 0.25) is 0 Å². The molecule has 0 radical (unpaired) electrons. The molecule has 0 saturated carbocycles. The Hall–Kier alpha value is -0.280. The molecule has 0 aromatic rings. The van der Waals surface area contributed by atoms with Crippen LogP contribution in [-0.4, -0.2) is 85.0 Å². The van der Waals surface area contributed by atoms with Crippen molar-refractivity contribution in [2.75, 3.05) is 46.2 Å². The Bertz CT molecular complexity index is 187. The van der Waals surface area contributed by atoms with Gasteiger partial charge in [-0.2, -0.15) is 0 Å². The highest BCUT2D eigenvalue weighted by molar-refractivity contribution is 4.59. The molecular formula is C13H28O7. The predicted octanol–water partition coefficient (Wildman–Crippen LogP) is -1.09. The van der Waals surface area contributed by atoms with Gasteiger partial charge in [0, 0.05) is 6.61 Å². The van der Waals surface area contributed by atoms with E-state index in [1.165, 1.54) is 0 Å². The molecule has 7 nitrogen and oxygen atoms in total. The summed E-state index contributed by atoms with van der Waals surface area (Å²) in [5, 5.41) is 35.6. The normalized spacial score (nSPS) is 16.1. The van der Waals surface area contributed by atoms with E-state index in [9.17, 15) is 0 Å². The van der Waals surface area contributed by atoms with Gasteiger partial charge in [-0.15, -0.1) is 0 Å². The highest BCUT2D eigenvalue weighted by Gasteiger charge is 2.12. The summed E-state index contributed by atoms with van der Waals surface area (Å²) in [7, 11) is 0. The van der Waals surface area contributed by atoms with E-state index in [1.54, 1.807) is 0 Å². The first-order chi connectivity index (χ1) is 9.63. The molecule has 4 N–H and O–H groups in total. The topological polar surface area (TPSA) is 109 Å². The van der Waals surface area contributed by atoms with Crippen molar-refractivity contribution in [2.45, 2.75) is 38.1 Å². The van der Waals surface area contributed by atoms with Crippen molar-refractivity contribution >= 4 is 0 Å². The number of aliphatic hydroxyl groups excluding tert-OH is 4. The summed E-state index contributed by atoms with van der Waals surface area (Å²) in [5.41, 5.74) is 0. The summed E-state index contributed by atoms with van der Waals surface area (Å²) in [6.07, 6.45) is -0.166. The van der Waals surface area contributed by atoms with Gasteiger partial charge in [-0.05, 0) is 6.42 Å². The van der Waals surface area contributed by atoms with Gasteiger partial charge in [0.05, 0.1) is 39.6 Å². The first-order valence-corrected chi connectivity index (χ1v) is 6.98. The molecule has 2 unspecified atom stereocenters. The second-order valence-corrected chi connectivity index (χ2v) is 4.59. The number of aliphatic hydroxyl groups is 4. The molecule has 0 aliphatic carbocycles. The number of unbranched alkanes of at least 4 members (excludes halogenated alkanes) is 1. The predicted molar refractivity (Wildman–Crippen MR) is 72.5 cm³/mol. The zero-order chi connectivity index (χ0) is 15.2. The van der Waals surface area contributed by atoms with E-state index in [1.807, 2.05) is 0 Å². The van der Waals surface area contributed by atoms with Crippen LogP contribution in [0.15, 0.2) is 0 Å². The summed E-state index contributed by atoms with van der Waals surface area (Å²) in [4.78, 5) is 0. The van der Waals surface area contributed by atoms with E-state index in [2.05, 4.69) is 6.92 Å². The van der Waals surface area contributed by atoms with E-state index in [4.69, 9.17) is 34.6 Å². The smallest absolute Gasteiger partial charge is 0.104 e. The average molecular weight is 296 g/mol. The van der Waals surface area contributed by atoms with E-state index < -0.39 is 12.2 Å². The van der Waals surface area contributed by atoms with Crippen molar-refractivity contribution in [3.05, 3.63) is 0 Å². The van der Waals surface area contributed by atoms with Crippen LogP contribution in [-0.2, 0) is 14.2 Å². The minimum absolute atomic E-state index is 0.0312. The van der Waals surface area contributed by atoms with Gasteiger partial charge in [-0.1, -0.05) is 13.3 Å².